The maximum atomic E-state index is 5.60. The van der Waals surface area contributed by atoms with E-state index < -0.39 is 0 Å². The molecule has 10 aliphatic carbocycles. The predicted octanol–water partition coefficient (Wildman–Crippen LogP) is 23.4. The van der Waals surface area contributed by atoms with E-state index in [9.17, 15) is 0 Å². The molecule has 76 heavy (non-hydrogen) atoms. The third kappa shape index (κ3) is 17.0. The van der Waals surface area contributed by atoms with Crippen LogP contribution < -0.4 is 0 Å². The first-order valence-corrected chi connectivity index (χ1v) is 36.3. The van der Waals surface area contributed by atoms with Crippen molar-refractivity contribution in [2.45, 2.75) is 373 Å². The zero-order valence-electron chi connectivity index (χ0n) is 51.9. The average Bonchev–Trinajstić information content (AvgIpc) is 3.47. The largest absolute Gasteiger partial charge is 0.381 e. The van der Waals surface area contributed by atoms with Crippen LogP contribution >= 0.6 is 0 Å². The van der Waals surface area contributed by atoms with Gasteiger partial charge >= 0.3 is 0 Å². The Morgan fingerprint density at radius 3 is 0.697 bits per heavy atom. The second-order valence-electron chi connectivity index (χ2n) is 31.7. The number of methoxy groups -OCH3 is 2. The number of unbranched alkanes of at least 4 members (excludes halogenated alkanes) is 14. The Morgan fingerprint density at radius 2 is 0.461 bits per heavy atom. The van der Waals surface area contributed by atoms with E-state index in [-0.39, 0.29) is 0 Å². The molecule has 0 N–H and O–H groups in total. The molecule has 0 unspecified atom stereocenters. The number of rotatable bonds is 24. The van der Waals surface area contributed by atoms with Gasteiger partial charge < -0.3 is 9.47 Å². The van der Waals surface area contributed by atoms with Crippen molar-refractivity contribution in [3.05, 3.63) is 0 Å². The molecule has 10 saturated carbocycles. The topological polar surface area (TPSA) is 18.5 Å². The van der Waals surface area contributed by atoms with E-state index in [1.165, 1.54) is 154 Å². The summed E-state index contributed by atoms with van der Waals surface area (Å²) in [6, 6.07) is 0. The zero-order chi connectivity index (χ0) is 52.5. The van der Waals surface area contributed by atoms with Gasteiger partial charge in [-0.3, -0.25) is 0 Å². The predicted molar refractivity (Wildman–Crippen MR) is 327 cm³/mol. The second-order valence-corrected chi connectivity index (χ2v) is 31.7. The third-order valence-electron chi connectivity index (χ3n) is 26.8. The van der Waals surface area contributed by atoms with Crippen molar-refractivity contribution in [2.75, 3.05) is 14.2 Å². The van der Waals surface area contributed by atoms with Gasteiger partial charge in [0.1, 0.15) is 0 Å². The Hall–Kier alpha value is -0.0800. The van der Waals surface area contributed by atoms with Gasteiger partial charge in [0.05, 0.1) is 12.2 Å². The Labute approximate surface area is 475 Å². The minimum Gasteiger partial charge on any atom is -0.381 e. The average molecular weight is 1050 g/mol. The Bertz CT molecular complexity index is 1400. The highest BCUT2D eigenvalue weighted by Crippen LogP contribution is 2.69. The van der Waals surface area contributed by atoms with Gasteiger partial charge in [0, 0.05) is 14.2 Å². The lowest BCUT2D eigenvalue weighted by molar-refractivity contribution is -0.110. The van der Waals surface area contributed by atoms with Crippen LogP contribution in [0.4, 0.5) is 0 Å². The van der Waals surface area contributed by atoms with Crippen LogP contribution in [0.25, 0.3) is 0 Å². The highest BCUT2D eigenvalue weighted by Gasteiger charge is 2.57. The molecular formula is C74H132O2. The van der Waals surface area contributed by atoms with Crippen molar-refractivity contribution in [3.8, 4) is 0 Å². The molecule has 10 fully saturated rings. The monoisotopic (exact) mass is 1050 g/mol. The molecule has 0 radical (unpaired) electrons. The Morgan fingerprint density at radius 1 is 0.250 bits per heavy atom. The molecule has 0 aromatic carbocycles. The van der Waals surface area contributed by atoms with Crippen molar-refractivity contribution < 1.29 is 9.47 Å². The first-order chi connectivity index (χ1) is 37.2. The number of hydrogen-bond acceptors (Lipinski definition) is 2. The van der Waals surface area contributed by atoms with Crippen LogP contribution in [0, 0.1) is 80.8 Å². The lowest BCUT2D eigenvalue weighted by Gasteiger charge is -2.62. The molecule has 0 aromatic heterocycles. The van der Waals surface area contributed by atoms with Crippen LogP contribution in [0.3, 0.4) is 0 Å². The van der Waals surface area contributed by atoms with Crippen molar-refractivity contribution in [2.24, 2.45) is 80.8 Å². The summed E-state index contributed by atoms with van der Waals surface area (Å²) in [4.78, 5) is 0. The van der Waals surface area contributed by atoms with Gasteiger partial charge in [-0.15, -0.1) is 0 Å². The van der Waals surface area contributed by atoms with Crippen LogP contribution in [-0.4, -0.2) is 26.4 Å². The summed E-state index contributed by atoms with van der Waals surface area (Å²) in [6.07, 6.45) is 83.4. The van der Waals surface area contributed by atoms with Gasteiger partial charge in [-0.1, -0.05) is 155 Å². The second kappa shape index (κ2) is 30.5. The summed E-state index contributed by atoms with van der Waals surface area (Å²) >= 11 is 0. The number of ether oxygens (including phenoxy) is 2. The van der Waals surface area contributed by atoms with Crippen molar-refractivity contribution in [1.29, 1.82) is 0 Å². The molecule has 0 saturated heterocycles. The Balaban J connectivity index is 0.000000202. The van der Waals surface area contributed by atoms with Crippen LogP contribution in [-0.2, 0) is 9.47 Å². The molecule has 2 heteroatoms. The van der Waals surface area contributed by atoms with Crippen LogP contribution in [0.2, 0.25) is 0 Å². The maximum Gasteiger partial charge on any atom is 0.0571 e. The van der Waals surface area contributed by atoms with Gasteiger partial charge in [0.2, 0.25) is 0 Å². The SMILES string of the molecule is CCCCCCCCCCC1CCC(C2CCC3(CC2)CC2(CCC(C4CCC(CCCCCCCCCC)CC4)CC2)C3)CC1.COC1CCC(C2CCC3(CC2)CC2(CCC(C4CCC(OC)CC4)CC2)C3)CC1. The van der Waals surface area contributed by atoms with E-state index in [0.29, 0.717) is 12.2 Å². The third-order valence-corrected chi connectivity index (χ3v) is 26.8. The van der Waals surface area contributed by atoms with Crippen molar-refractivity contribution >= 4 is 0 Å². The van der Waals surface area contributed by atoms with Crippen LogP contribution in [0.5, 0.6) is 0 Å². The first kappa shape index (κ1) is 60.5. The summed E-state index contributed by atoms with van der Waals surface area (Å²) in [5, 5.41) is 0. The molecule has 4 spiro atoms. The zero-order valence-corrected chi connectivity index (χ0v) is 51.9. The molecule has 0 aliphatic heterocycles. The summed E-state index contributed by atoms with van der Waals surface area (Å²) in [6.45, 7) is 4.66. The van der Waals surface area contributed by atoms with E-state index in [4.69, 9.17) is 9.47 Å². The maximum absolute atomic E-state index is 5.60. The molecule has 0 aromatic rings. The first-order valence-electron chi connectivity index (χ1n) is 36.3. The van der Waals surface area contributed by atoms with Gasteiger partial charge in [0.25, 0.3) is 0 Å². The highest BCUT2D eigenvalue weighted by molar-refractivity contribution is 5.08. The standard InChI is InChI=1S/C46H84.C28H48O2/c1-3-5-7-9-11-13-15-17-19-39-21-25-41(26-22-39)43-29-33-45(34-30-43)37-46(38-45)35-31-44(32-36-46)42-27-23-40(24-28-42)20-18-16-14-12-10-8-6-4-2;1-29-25-7-3-21(4-8-25)23-11-15-27(16-12-23)19-28(20-27)17-13-24(14-18-28)22-5-9-26(30-2)10-6-22/h39-44H,3-38H2,1-2H3;21-26H,3-20H2,1-2H3. The summed E-state index contributed by atoms with van der Waals surface area (Å²) < 4.78 is 11.2. The van der Waals surface area contributed by atoms with E-state index in [2.05, 4.69) is 13.8 Å². The fourth-order valence-corrected chi connectivity index (χ4v) is 22.0. The Kier molecular flexibility index (Phi) is 24.3. The van der Waals surface area contributed by atoms with Crippen molar-refractivity contribution in [1.82, 2.24) is 0 Å². The van der Waals surface area contributed by atoms with Gasteiger partial charge in [-0.25, -0.2) is 0 Å². The molecule has 2 nitrogen and oxygen atoms in total. The minimum absolute atomic E-state index is 0.563. The molecule has 440 valence electrons. The summed E-state index contributed by atoms with van der Waals surface area (Å²) in [7, 11) is 3.81. The molecular weight excluding hydrogens is 921 g/mol. The fourth-order valence-electron chi connectivity index (χ4n) is 22.0. The molecule has 0 heterocycles. The van der Waals surface area contributed by atoms with Crippen molar-refractivity contribution in [3.63, 3.8) is 0 Å². The summed E-state index contributed by atoms with van der Waals surface area (Å²) in [5.41, 5.74) is 3.18. The van der Waals surface area contributed by atoms with Crippen LogP contribution in [0.15, 0.2) is 0 Å². The van der Waals surface area contributed by atoms with E-state index in [1.807, 2.05) is 14.2 Å². The van der Waals surface area contributed by atoms with E-state index >= 15 is 0 Å². The van der Waals surface area contributed by atoms with Gasteiger partial charge in [-0.05, 0) is 286 Å². The van der Waals surface area contributed by atoms with E-state index in [1.54, 1.807) is 193 Å². The van der Waals surface area contributed by atoms with Gasteiger partial charge in [-0.2, -0.15) is 0 Å². The lowest BCUT2D eigenvalue weighted by Crippen LogP contribution is -2.50. The molecule has 0 bridgehead atoms. The molecule has 10 aliphatic rings. The smallest absolute Gasteiger partial charge is 0.0571 e. The fraction of sp³-hybridized carbons (Fsp3) is 1.00. The van der Waals surface area contributed by atoms with Gasteiger partial charge in [0.15, 0.2) is 0 Å². The molecule has 10 rings (SSSR count). The molecule has 0 amide bonds. The van der Waals surface area contributed by atoms with E-state index in [0.717, 1.165) is 80.8 Å². The van der Waals surface area contributed by atoms with Crippen LogP contribution in [0.1, 0.15) is 361 Å². The minimum atomic E-state index is 0.563. The quantitative estimate of drug-likeness (QED) is 0.0897. The number of hydrogen-bond donors (Lipinski definition) is 0. The lowest BCUT2D eigenvalue weighted by atomic mass is 9.43. The molecule has 0 atom stereocenters. The summed E-state index contributed by atoms with van der Waals surface area (Å²) in [5.74, 6) is 10.7. The highest BCUT2D eigenvalue weighted by atomic mass is 16.5. The normalized spacial score (nSPS) is 41.8.